The monoisotopic (exact) mass is 278 g/mol. The lowest BCUT2D eigenvalue weighted by atomic mass is 10.0. The molecule has 2 N–H and O–H groups in total. The van der Waals surface area contributed by atoms with E-state index in [0.717, 1.165) is 19.4 Å². The predicted octanol–water partition coefficient (Wildman–Crippen LogP) is 3.18. The van der Waals surface area contributed by atoms with Crippen LogP contribution in [0, 0.1) is 5.92 Å². The molecule has 0 aliphatic rings. The van der Waals surface area contributed by atoms with Crippen molar-refractivity contribution in [2.45, 2.75) is 33.6 Å². The van der Waals surface area contributed by atoms with E-state index >= 15 is 0 Å². The number of anilines is 1. The molecule has 20 heavy (non-hydrogen) atoms. The largest absolute Gasteiger partial charge is 0.497 e. The molecule has 1 amide bonds. The highest BCUT2D eigenvalue weighted by molar-refractivity contribution is 5.95. The van der Waals surface area contributed by atoms with Gasteiger partial charge in [-0.05, 0) is 25.0 Å². The third kappa shape index (κ3) is 4.15. The predicted molar refractivity (Wildman–Crippen MR) is 83.1 cm³/mol. The maximum Gasteiger partial charge on any atom is 0.254 e. The van der Waals surface area contributed by atoms with Crippen molar-refractivity contribution in [3.05, 3.63) is 23.8 Å². The topological polar surface area (TPSA) is 55.6 Å². The molecule has 4 heteroatoms. The van der Waals surface area contributed by atoms with Crippen molar-refractivity contribution < 1.29 is 9.53 Å². The van der Waals surface area contributed by atoms with Crippen LogP contribution in [0.3, 0.4) is 0 Å². The molecule has 1 aromatic rings. The summed E-state index contributed by atoms with van der Waals surface area (Å²) in [4.78, 5) is 14.5. The van der Waals surface area contributed by atoms with Gasteiger partial charge in [0.15, 0.2) is 0 Å². The third-order valence-corrected chi connectivity index (χ3v) is 3.71. The van der Waals surface area contributed by atoms with E-state index < -0.39 is 0 Å². The minimum atomic E-state index is 0.0185. The first-order valence-electron chi connectivity index (χ1n) is 7.29. The van der Waals surface area contributed by atoms with Crippen molar-refractivity contribution in [2.75, 3.05) is 25.9 Å². The Morgan fingerprint density at radius 2 is 1.90 bits per heavy atom. The first-order chi connectivity index (χ1) is 9.55. The number of rotatable bonds is 7. The van der Waals surface area contributed by atoms with Crippen molar-refractivity contribution in [3.63, 3.8) is 0 Å². The number of benzene rings is 1. The van der Waals surface area contributed by atoms with Gasteiger partial charge in [0.2, 0.25) is 0 Å². The fourth-order valence-corrected chi connectivity index (χ4v) is 2.26. The van der Waals surface area contributed by atoms with Crippen LogP contribution in [0.5, 0.6) is 5.75 Å². The maximum atomic E-state index is 12.6. The molecule has 0 spiro atoms. The van der Waals surface area contributed by atoms with E-state index in [9.17, 15) is 4.79 Å². The number of hydrogen-bond acceptors (Lipinski definition) is 3. The van der Waals surface area contributed by atoms with Gasteiger partial charge in [-0.15, -0.1) is 0 Å². The minimum Gasteiger partial charge on any atom is -0.497 e. The number of ether oxygens (including phenoxy) is 1. The third-order valence-electron chi connectivity index (χ3n) is 3.71. The Labute approximate surface area is 121 Å². The van der Waals surface area contributed by atoms with Crippen LogP contribution in [-0.4, -0.2) is 31.0 Å². The standard InChI is InChI=1S/C16H26N2O2/c1-5-12(6-2)11-18(7-3)16(19)13-8-14(17)10-15(9-13)20-4/h8-10,12H,5-7,11,17H2,1-4H3. The van der Waals surface area contributed by atoms with E-state index in [1.54, 1.807) is 25.3 Å². The Morgan fingerprint density at radius 3 is 2.40 bits per heavy atom. The fraction of sp³-hybridized carbons (Fsp3) is 0.562. The van der Waals surface area contributed by atoms with Gasteiger partial charge in [-0.2, -0.15) is 0 Å². The fourth-order valence-electron chi connectivity index (χ4n) is 2.26. The zero-order chi connectivity index (χ0) is 15.1. The second-order valence-corrected chi connectivity index (χ2v) is 5.02. The van der Waals surface area contributed by atoms with Crippen molar-refractivity contribution in [1.29, 1.82) is 0 Å². The van der Waals surface area contributed by atoms with Gasteiger partial charge in [0.25, 0.3) is 5.91 Å². The second kappa shape index (κ2) is 7.78. The van der Waals surface area contributed by atoms with Crippen LogP contribution >= 0.6 is 0 Å². The molecule has 0 unspecified atom stereocenters. The van der Waals surface area contributed by atoms with Crippen LogP contribution in [0.2, 0.25) is 0 Å². The molecule has 0 saturated carbocycles. The molecular weight excluding hydrogens is 252 g/mol. The van der Waals surface area contributed by atoms with Crippen LogP contribution in [0.15, 0.2) is 18.2 Å². The number of nitrogen functional groups attached to an aromatic ring is 1. The van der Waals surface area contributed by atoms with Crippen LogP contribution in [0.25, 0.3) is 0 Å². The molecule has 0 heterocycles. The number of carbonyl (C=O) groups excluding carboxylic acids is 1. The smallest absolute Gasteiger partial charge is 0.254 e. The zero-order valence-electron chi connectivity index (χ0n) is 13.0. The highest BCUT2D eigenvalue weighted by Crippen LogP contribution is 2.20. The molecule has 0 saturated heterocycles. The second-order valence-electron chi connectivity index (χ2n) is 5.02. The average molecular weight is 278 g/mol. The van der Waals surface area contributed by atoms with Gasteiger partial charge >= 0.3 is 0 Å². The van der Waals surface area contributed by atoms with Crippen LogP contribution in [-0.2, 0) is 0 Å². The highest BCUT2D eigenvalue weighted by atomic mass is 16.5. The summed E-state index contributed by atoms with van der Waals surface area (Å²) in [6.45, 7) is 7.82. The molecule has 1 aromatic carbocycles. The van der Waals surface area contributed by atoms with Gasteiger partial charge in [-0.3, -0.25) is 4.79 Å². The minimum absolute atomic E-state index is 0.0185. The van der Waals surface area contributed by atoms with Gasteiger partial charge in [0, 0.05) is 30.4 Å². The summed E-state index contributed by atoms with van der Waals surface area (Å²) >= 11 is 0. The Morgan fingerprint density at radius 1 is 1.25 bits per heavy atom. The molecular formula is C16H26N2O2. The molecule has 0 aliphatic carbocycles. The maximum absolute atomic E-state index is 12.6. The van der Waals surface area contributed by atoms with Gasteiger partial charge in [0.05, 0.1) is 7.11 Å². The zero-order valence-corrected chi connectivity index (χ0v) is 13.0. The van der Waals surface area contributed by atoms with Crippen molar-refractivity contribution in [1.82, 2.24) is 4.90 Å². The molecule has 0 atom stereocenters. The van der Waals surface area contributed by atoms with E-state index in [4.69, 9.17) is 10.5 Å². The average Bonchev–Trinajstić information content (AvgIpc) is 2.47. The molecule has 0 radical (unpaired) electrons. The molecule has 0 aliphatic heterocycles. The Hall–Kier alpha value is -1.71. The summed E-state index contributed by atoms with van der Waals surface area (Å²) in [7, 11) is 1.57. The Bertz CT molecular complexity index is 442. The molecule has 0 bridgehead atoms. The van der Waals surface area contributed by atoms with Gasteiger partial charge in [0.1, 0.15) is 5.75 Å². The Balaban J connectivity index is 2.93. The molecule has 112 valence electrons. The summed E-state index contributed by atoms with van der Waals surface area (Å²) in [5, 5.41) is 0. The molecule has 4 nitrogen and oxygen atoms in total. The lowest BCUT2D eigenvalue weighted by Gasteiger charge is -2.25. The first kappa shape index (κ1) is 16.3. The van der Waals surface area contributed by atoms with Gasteiger partial charge in [-0.25, -0.2) is 0 Å². The summed E-state index contributed by atoms with van der Waals surface area (Å²) in [6, 6.07) is 5.17. The van der Waals surface area contributed by atoms with Gasteiger partial charge in [-0.1, -0.05) is 26.7 Å². The normalized spacial score (nSPS) is 10.7. The number of amides is 1. The number of carbonyl (C=O) groups is 1. The van der Waals surface area contributed by atoms with E-state index in [-0.39, 0.29) is 5.91 Å². The summed E-state index contributed by atoms with van der Waals surface area (Å²) in [5.41, 5.74) is 6.96. The van der Waals surface area contributed by atoms with E-state index in [1.807, 2.05) is 11.8 Å². The summed E-state index contributed by atoms with van der Waals surface area (Å²) in [6.07, 6.45) is 2.17. The van der Waals surface area contributed by atoms with Gasteiger partial charge < -0.3 is 15.4 Å². The molecule has 1 rings (SSSR count). The summed E-state index contributed by atoms with van der Waals surface area (Å²) < 4.78 is 5.17. The first-order valence-corrected chi connectivity index (χ1v) is 7.29. The number of methoxy groups -OCH3 is 1. The van der Waals surface area contributed by atoms with E-state index in [0.29, 0.717) is 29.5 Å². The number of nitrogens with zero attached hydrogens (tertiary/aromatic N) is 1. The van der Waals surface area contributed by atoms with Crippen LogP contribution < -0.4 is 10.5 Å². The SMILES string of the molecule is CCC(CC)CN(CC)C(=O)c1cc(N)cc(OC)c1. The van der Waals surface area contributed by atoms with E-state index in [2.05, 4.69) is 13.8 Å². The van der Waals surface area contributed by atoms with Crippen molar-refractivity contribution in [3.8, 4) is 5.75 Å². The Kier molecular flexibility index (Phi) is 6.36. The quantitative estimate of drug-likeness (QED) is 0.779. The van der Waals surface area contributed by atoms with E-state index in [1.165, 1.54) is 0 Å². The molecule has 0 aromatic heterocycles. The summed E-state index contributed by atoms with van der Waals surface area (Å²) in [5.74, 6) is 1.18. The number of nitrogens with two attached hydrogens (primary N) is 1. The lowest BCUT2D eigenvalue weighted by molar-refractivity contribution is 0.0734. The van der Waals surface area contributed by atoms with Crippen molar-refractivity contribution >= 4 is 11.6 Å². The van der Waals surface area contributed by atoms with Crippen LogP contribution in [0.1, 0.15) is 44.0 Å². The van der Waals surface area contributed by atoms with Crippen LogP contribution in [0.4, 0.5) is 5.69 Å². The molecule has 0 fully saturated rings. The number of hydrogen-bond donors (Lipinski definition) is 1. The highest BCUT2D eigenvalue weighted by Gasteiger charge is 2.18. The van der Waals surface area contributed by atoms with Crippen molar-refractivity contribution in [2.24, 2.45) is 5.92 Å². The lowest BCUT2D eigenvalue weighted by Crippen LogP contribution is -2.35.